The summed E-state index contributed by atoms with van der Waals surface area (Å²) in [6.45, 7) is 0. The van der Waals surface area contributed by atoms with Crippen molar-refractivity contribution in [3.8, 4) is 0 Å². The molecule has 1 N–H and O–H groups in total. The zero-order chi connectivity index (χ0) is 8.65. The molecule has 0 atom stereocenters. The first-order valence-electron chi connectivity index (χ1n) is 5.26. The Labute approximate surface area is 80.8 Å². The Morgan fingerprint density at radius 3 is 1.92 bits per heavy atom. The predicted octanol–water partition coefficient (Wildman–Crippen LogP) is 3.36. The van der Waals surface area contributed by atoms with Gasteiger partial charge in [0.1, 0.15) is 0 Å². The standard InChI is InChI=1S/C10H21NS/c1-11-12-10-8-6-4-2-3-5-7-9-10/h10-11H,2-9H2,1H3. The van der Waals surface area contributed by atoms with E-state index in [2.05, 4.69) is 4.72 Å². The summed E-state index contributed by atoms with van der Waals surface area (Å²) in [5, 5.41) is 0.882. The predicted molar refractivity (Wildman–Crippen MR) is 57.4 cm³/mol. The van der Waals surface area contributed by atoms with Gasteiger partial charge >= 0.3 is 0 Å². The van der Waals surface area contributed by atoms with Crippen LogP contribution in [-0.4, -0.2) is 12.3 Å². The van der Waals surface area contributed by atoms with E-state index in [0.717, 1.165) is 5.25 Å². The molecule has 1 saturated carbocycles. The molecule has 1 aliphatic carbocycles. The molecule has 1 nitrogen and oxygen atoms in total. The lowest BCUT2D eigenvalue weighted by Crippen LogP contribution is -2.08. The molecule has 0 aliphatic heterocycles. The molecule has 1 fully saturated rings. The van der Waals surface area contributed by atoms with Crippen LogP contribution in [0.5, 0.6) is 0 Å². The van der Waals surface area contributed by atoms with Gasteiger partial charge in [0.15, 0.2) is 0 Å². The van der Waals surface area contributed by atoms with Gasteiger partial charge in [-0.25, -0.2) is 0 Å². The Morgan fingerprint density at radius 2 is 1.42 bits per heavy atom. The number of hydrogen-bond acceptors (Lipinski definition) is 2. The van der Waals surface area contributed by atoms with Crippen LogP contribution in [0.25, 0.3) is 0 Å². The van der Waals surface area contributed by atoms with E-state index in [9.17, 15) is 0 Å². The van der Waals surface area contributed by atoms with E-state index in [1.54, 1.807) is 0 Å². The molecule has 0 aromatic rings. The molecule has 0 aromatic carbocycles. The SMILES string of the molecule is CNSC1CCCCCCCC1. The van der Waals surface area contributed by atoms with E-state index in [-0.39, 0.29) is 0 Å². The molecule has 1 aliphatic rings. The van der Waals surface area contributed by atoms with Crippen molar-refractivity contribution < 1.29 is 0 Å². The highest BCUT2D eigenvalue weighted by atomic mass is 32.2. The maximum absolute atomic E-state index is 3.22. The molecule has 2 heteroatoms. The van der Waals surface area contributed by atoms with Crippen LogP contribution in [0.1, 0.15) is 51.4 Å². The summed E-state index contributed by atoms with van der Waals surface area (Å²) in [7, 11) is 2.04. The lowest BCUT2D eigenvalue weighted by Gasteiger charge is -2.13. The summed E-state index contributed by atoms with van der Waals surface area (Å²) in [5.74, 6) is 0. The van der Waals surface area contributed by atoms with E-state index in [1.807, 2.05) is 19.0 Å². The van der Waals surface area contributed by atoms with Crippen LogP contribution in [0.2, 0.25) is 0 Å². The second-order valence-corrected chi connectivity index (χ2v) is 4.95. The summed E-state index contributed by atoms with van der Waals surface area (Å²) in [6.07, 6.45) is 11.6. The Hall–Kier alpha value is 0.310. The normalized spacial score (nSPS) is 22.8. The molecule has 0 radical (unpaired) electrons. The van der Waals surface area contributed by atoms with Crippen LogP contribution >= 0.6 is 11.9 Å². The lowest BCUT2D eigenvalue weighted by atomic mass is 10.1. The van der Waals surface area contributed by atoms with Gasteiger partial charge in [0.05, 0.1) is 0 Å². The summed E-state index contributed by atoms with van der Waals surface area (Å²) < 4.78 is 3.22. The van der Waals surface area contributed by atoms with Crippen LogP contribution in [-0.2, 0) is 0 Å². The Balaban J connectivity index is 2.19. The topological polar surface area (TPSA) is 12.0 Å². The minimum Gasteiger partial charge on any atom is -0.267 e. The second kappa shape index (κ2) is 6.79. The first kappa shape index (κ1) is 10.4. The van der Waals surface area contributed by atoms with Gasteiger partial charge in [-0.2, -0.15) is 0 Å². The van der Waals surface area contributed by atoms with Gasteiger partial charge in [-0.1, -0.05) is 50.5 Å². The quantitative estimate of drug-likeness (QED) is 0.665. The Morgan fingerprint density at radius 1 is 0.917 bits per heavy atom. The van der Waals surface area contributed by atoms with Gasteiger partial charge in [-0.05, 0) is 19.9 Å². The van der Waals surface area contributed by atoms with Crippen molar-refractivity contribution in [1.82, 2.24) is 4.72 Å². The highest BCUT2D eigenvalue weighted by Gasteiger charge is 2.09. The van der Waals surface area contributed by atoms with Crippen molar-refractivity contribution in [3.05, 3.63) is 0 Å². The van der Waals surface area contributed by atoms with Gasteiger partial charge in [0, 0.05) is 5.25 Å². The van der Waals surface area contributed by atoms with Crippen molar-refractivity contribution in [2.75, 3.05) is 7.05 Å². The van der Waals surface area contributed by atoms with Crippen molar-refractivity contribution in [2.24, 2.45) is 0 Å². The van der Waals surface area contributed by atoms with Crippen LogP contribution < -0.4 is 4.72 Å². The van der Waals surface area contributed by atoms with Crippen molar-refractivity contribution in [2.45, 2.75) is 56.6 Å². The summed E-state index contributed by atoms with van der Waals surface area (Å²) in [4.78, 5) is 0. The van der Waals surface area contributed by atoms with Crippen LogP contribution in [0.4, 0.5) is 0 Å². The summed E-state index contributed by atoms with van der Waals surface area (Å²) >= 11 is 1.93. The molecule has 0 amide bonds. The third kappa shape index (κ3) is 4.36. The van der Waals surface area contributed by atoms with Gasteiger partial charge in [-0.3, -0.25) is 4.72 Å². The zero-order valence-electron chi connectivity index (χ0n) is 8.14. The van der Waals surface area contributed by atoms with Crippen molar-refractivity contribution >= 4 is 11.9 Å². The third-order valence-corrected chi connectivity index (χ3v) is 3.63. The van der Waals surface area contributed by atoms with Crippen molar-refractivity contribution in [3.63, 3.8) is 0 Å². The zero-order valence-corrected chi connectivity index (χ0v) is 8.96. The maximum atomic E-state index is 3.22. The highest BCUT2D eigenvalue weighted by molar-refractivity contribution is 7.98. The monoisotopic (exact) mass is 187 g/mol. The largest absolute Gasteiger partial charge is 0.267 e. The summed E-state index contributed by atoms with van der Waals surface area (Å²) in [5.41, 5.74) is 0. The molecule has 0 heterocycles. The first-order chi connectivity index (χ1) is 5.93. The third-order valence-electron chi connectivity index (χ3n) is 2.59. The molecule has 0 spiro atoms. The molecule has 72 valence electrons. The Kier molecular flexibility index (Phi) is 5.88. The molecule has 0 aromatic heterocycles. The molecule has 0 unspecified atom stereocenters. The molecule has 1 rings (SSSR count). The van der Waals surface area contributed by atoms with Crippen molar-refractivity contribution in [1.29, 1.82) is 0 Å². The van der Waals surface area contributed by atoms with E-state index >= 15 is 0 Å². The lowest BCUT2D eigenvalue weighted by molar-refractivity contribution is 0.624. The van der Waals surface area contributed by atoms with E-state index < -0.39 is 0 Å². The molecular weight excluding hydrogens is 166 g/mol. The molecule has 0 bridgehead atoms. The molecular formula is C10H21NS. The summed E-state index contributed by atoms with van der Waals surface area (Å²) in [6, 6.07) is 0. The van der Waals surface area contributed by atoms with E-state index in [4.69, 9.17) is 0 Å². The van der Waals surface area contributed by atoms with E-state index in [1.165, 1.54) is 51.4 Å². The Bertz CT molecular complexity index is 96.0. The number of nitrogens with one attached hydrogen (secondary N) is 1. The fraction of sp³-hybridized carbons (Fsp3) is 1.00. The number of hydrogen-bond donors (Lipinski definition) is 1. The van der Waals surface area contributed by atoms with Gasteiger partial charge < -0.3 is 0 Å². The van der Waals surface area contributed by atoms with Gasteiger partial charge in [-0.15, -0.1) is 0 Å². The average Bonchev–Trinajstić information content (AvgIpc) is 2.19. The van der Waals surface area contributed by atoms with Crippen LogP contribution in [0.3, 0.4) is 0 Å². The number of rotatable bonds is 2. The first-order valence-corrected chi connectivity index (χ1v) is 6.14. The fourth-order valence-corrected chi connectivity index (χ4v) is 2.78. The maximum Gasteiger partial charge on any atom is 0.0192 e. The smallest absolute Gasteiger partial charge is 0.0192 e. The molecule has 12 heavy (non-hydrogen) atoms. The van der Waals surface area contributed by atoms with Gasteiger partial charge in [0.25, 0.3) is 0 Å². The minimum atomic E-state index is 0.882. The second-order valence-electron chi connectivity index (χ2n) is 3.64. The highest BCUT2D eigenvalue weighted by Crippen LogP contribution is 2.23. The van der Waals surface area contributed by atoms with Crippen LogP contribution in [0, 0.1) is 0 Å². The van der Waals surface area contributed by atoms with Gasteiger partial charge in [0.2, 0.25) is 0 Å². The molecule has 0 saturated heterocycles. The average molecular weight is 187 g/mol. The van der Waals surface area contributed by atoms with E-state index in [0.29, 0.717) is 0 Å². The minimum absolute atomic E-state index is 0.882. The van der Waals surface area contributed by atoms with Crippen LogP contribution in [0.15, 0.2) is 0 Å². The fourth-order valence-electron chi connectivity index (χ4n) is 1.88.